The van der Waals surface area contributed by atoms with Gasteiger partial charge >= 0.3 is 0 Å². The van der Waals surface area contributed by atoms with Gasteiger partial charge in [-0.3, -0.25) is 0 Å². The van der Waals surface area contributed by atoms with E-state index in [2.05, 4.69) is 19.2 Å². The molecule has 0 aromatic rings. The molecule has 3 nitrogen and oxygen atoms in total. The minimum atomic E-state index is -0.219. The van der Waals surface area contributed by atoms with Gasteiger partial charge in [-0.2, -0.15) is 0 Å². The highest BCUT2D eigenvalue weighted by Crippen LogP contribution is 2.20. The summed E-state index contributed by atoms with van der Waals surface area (Å²) in [6.45, 7) is 8.27. The lowest BCUT2D eigenvalue weighted by Crippen LogP contribution is -2.31. The van der Waals surface area contributed by atoms with E-state index in [1.807, 2.05) is 0 Å². The Morgan fingerprint density at radius 3 is 2.50 bits per heavy atom. The molecule has 0 amide bonds. The standard InChI is InChI=1S/C11H25NO2/c1-10(14)5-7-12-9-11(2,3)6-4-8-13/h10,12-14H,4-9H2,1-3H3. The first kappa shape index (κ1) is 13.9. The lowest BCUT2D eigenvalue weighted by Gasteiger charge is -2.24. The Bertz CT molecular complexity index is 135. The smallest absolute Gasteiger partial charge is 0.0524 e. The molecular formula is C11H25NO2. The largest absolute Gasteiger partial charge is 0.396 e. The summed E-state index contributed by atoms with van der Waals surface area (Å²) in [5.41, 5.74) is 0.238. The lowest BCUT2D eigenvalue weighted by atomic mass is 9.88. The monoisotopic (exact) mass is 203 g/mol. The van der Waals surface area contributed by atoms with Gasteiger partial charge in [0.1, 0.15) is 0 Å². The van der Waals surface area contributed by atoms with Crippen molar-refractivity contribution in [2.24, 2.45) is 5.41 Å². The number of hydrogen-bond acceptors (Lipinski definition) is 3. The maximum absolute atomic E-state index is 9.05. The van der Waals surface area contributed by atoms with Crippen molar-refractivity contribution < 1.29 is 10.2 Å². The van der Waals surface area contributed by atoms with Crippen molar-refractivity contribution in [3.05, 3.63) is 0 Å². The van der Waals surface area contributed by atoms with E-state index in [1.54, 1.807) is 6.92 Å². The summed E-state index contributed by atoms with van der Waals surface area (Å²) in [6, 6.07) is 0. The molecule has 0 heterocycles. The van der Waals surface area contributed by atoms with E-state index >= 15 is 0 Å². The van der Waals surface area contributed by atoms with Crippen LogP contribution in [0.25, 0.3) is 0 Å². The van der Waals surface area contributed by atoms with Crippen LogP contribution in [0.5, 0.6) is 0 Å². The van der Waals surface area contributed by atoms with Crippen molar-refractivity contribution in [1.29, 1.82) is 0 Å². The fourth-order valence-electron chi connectivity index (χ4n) is 1.38. The minimum absolute atomic E-state index is 0.219. The Morgan fingerprint density at radius 1 is 1.36 bits per heavy atom. The van der Waals surface area contributed by atoms with Gasteiger partial charge in [-0.1, -0.05) is 13.8 Å². The van der Waals surface area contributed by atoms with Crippen molar-refractivity contribution in [2.75, 3.05) is 19.7 Å². The summed E-state index contributed by atoms with van der Waals surface area (Å²) in [7, 11) is 0. The highest BCUT2D eigenvalue weighted by Gasteiger charge is 2.16. The molecule has 0 fully saturated rings. The van der Waals surface area contributed by atoms with E-state index in [4.69, 9.17) is 10.2 Å². The Balaban J connectivity index is 3.44. The van der Waals surface area contributed by atoms with E-state index in [1.165, 1.54) is 0 Å². The van der Waals surface area contributed by atoms with Gasteiger partial charge in [0, 0.05) is 13.2 Å². The predicted molar refractivity (Wildman–Crippen MR) is 59.3 cm³/mol. The van der Waals surface area contributed by atoms with E-state index < -0.39 is 0 Å². The quantitative estimate of drug-likeness (QED) is 0.519. The van der Waals surface area contributed by atoms with E-state index in [0.717, 1.165) is 32.4 Å². The van der Waals surface area contributed by atoms with Crippen LogP contribution in [0.3, 0.4) is 0 Å². The fraction of sp³-hybridized carbons (Fsp3) is 1.00. The maximum atomic E-state index is 9.05. The predicted octanol–water partition coefficient (Wildman–Crippen LogP) is 1.15. The third-order valence-corrected chi connectivity index (χ3v) is 2.35. The lowest BCUT2D eigenvalue weighted by molar-refractivity contribution is 0.180. The zero-order chi connectivity index (χ0) is 11.0. The molecule has 0 spiro atoms. The first-order valence-electron chi connectivity index (χ1n) is 5.47. The highest BCUT2D eigenvalue weighted by atomic mass is 16.3. The van der Waals surface area contributed by atoms with Crippen LogP contribution in [0, 0.1) is 5.41 Å². The van der Waals surface area contributed by atoms with Gasteiger partial charge in [0.25, 0.3) is 0 Å². The summed E-state index contributed by atoms with van der Waals surface area (Å²) in [4.78, 5) is 0. The molecule has 14 heavy (non-hydrogen) atoms. The molecule has 0 aromatic heterocycles. The van der Waals surface area contributed by atoms with Crippen molar-refractivity contribution in [2.45, 2.75) is 46.1 Å². The van der Waals surface area contributed by atoms with E-state index in [0.29, 0.717) is 0 Å². The first-order chi connectivity index (χ1) is 6.48. The van der Waals surface area contributed by atoms with Crippen LogP contribution < -0.4 is 5.32 Å². The Kier molecular flexibility index (Phi) is 7.15. The molecule has 3 heteroatoms. The normalized spacial score (nSPS) is 14.4. The van der Waals surface area contributed by atoms with Crippen LogP contribution in [-0.2, 0) is 0 Å². The summed E-state index contributed by atoms with van der Waals surface area (Å²) >= 11 is 0. The van der Waals surface area contributed by atoms with Gasteiger partial charge in [-0.05, 0) is 38.1 Å². The van der Waals surface area contributed by atoms with Crippen molar-refractivity contribution in [3.63, 3.8) is 0 Å². The second kappa shape index (κ2) is 7.21. The van der Waals surface area contributed by atoms with Gasteiger partial charge in [0.2, 0.25) is 0 Å². The van der Waals surface area contributed by atoms with Crippen LogP contribution in [0.2, 0.25) is 0 Å². The van der Waals surface area contributed by atoms with Gasteiger partial charge in [-0.25, -0.2) is 0 Å². The Labute approximate surface area is 87.5 Å². The third-order valence-electron chi connectivity index (χ3n) is 2.35. The average molecular weight is 203 g/mol. The molecule has 0 saturated carbocycles. The second-order valence-corrected chi connectivity index (χ2v) is 4.81. The van der Waals surface area contributed by atoms with Crippen LogP contribution >= 0.6 is 0 Å². The van der Waals surface area contributed by atoms with Gasteiger partial charge in [-0.15, -0.1) is 0 Å². The molecule has 1 unspecified atom stereocenters. The molecule has 3 N–H and O–H groups in total. The number of aliphatic hydroxyl groups is 2. The number of nitrogens with one attached hydrogen (secondary N) is 1. The molecule has 0 radical (unpaired) electrons. The highest BCUT2D eigenvalue weighted by molar-refractivity contribution is 4.71. The number of hydrogen-bond donors (Lipinski definition) is 3. The summed E-state index contributed by atoms with van der Waals surface area (Å²) in [5.74, 6) is 0. The summed E-state index contributed by atoms with van der Waals surface area (Å²) in [5, 5.41) is 21.1. The van der Waals surface area contributed by atoms with Crippen molar-refractivity contribution >= 4 is 0 Å². The van der Waals surface area contributed by atoms with Gasteiger partial charge in [0.15, 0.2) is 0 Å². The molecule has 0 aliphatic rings. The van der Waals surface area contributed by atoms with E-state index in [9.17, 15) is 0 Å². The number of rotatable bonds is 8. The Hall–Kier alpha value is -0.120. The Morgan fingerprint density at radius 2 is 2.00 bits per heavy atom. The van der Waals surface area contributed by atoms with E-state index in [-0.39, 0.29) is 18.1 Å². The molecule has 0 rings (SSSR count). The van der Waals surface area contributed by atoms with Crippen LogP contribution in [-0.4, -0.2) is 36.0 Å². The SMILES string of the molecule is CC(O)CCNCC(C)(C)CCCO. The van der Waals surface area contributed by atoms with Crippen molar-refractivity contribution in [3.8, 4) is 0 Å². The minimum Gasteiger partial charge on any atom is -0.396 e. The van der Waals surface area contributed by atoms with Crippen LogP contribution in [0.1, 0.15) is 40.0 Å². The second-order valence-electron chi connectivity index (χ2n) is 4.81. The molecule has 0 aliphatic heterocycles. The molecule has 1 atom stereocenters. The third kappa shape index (κ3) is 8.48. The molecule has 0 saturated heterocycles. The zero-order valence-corrected chi connectivity index (χ0v) is 9.71. The number of aliphatic hydroxyl groups excluding tert-OH is 2. The zero-order valence-electron chi connectivity index (χ0n) is 9.71. The van der Waals surface area contributed by atoms with Crippen LogP contribution in [0.15, 0.2) is 0 Å². The summed E-state index contributed by atoms with van der Waals surface area (Å²) < 4.78 is 0. The average Bonchev–Trinajstić information content (AvgIpc) is 2.09. The first-order valence-corrected chi connectivity index (χ1v) is 5.47. The topological polar surface area (TPSA) is 52.5 Å². The molecule has 86 valence electrons. The summed E-state index contributed by atoms with van der Waals surface area (Å²) in [6.07, 6.45) is 2.48. The molecular weight excluding hydrogens is 178 g/mol. The molecule has 0 aliphatic carbocycles. The molecule has 0 aromatic carbocycles. The van der Waals surface area contributed by atoms with Gasteiger partial charge in [0.05, 0.1) is 6.10 Å². The maximum Gasteiger partial charge on any atom is 0.0524 e. The van der Waals surface area contributed by atoms with Gasteiger partial charge < -0.3 is 15.5 Å². The fourth-order valence-corrected chi connectivity index (χ4v) is 1.38. The van der Waals surface area contributed by atoms with Crippen LogP contribution in [0.4, 0.5) is 0 Å². The molecule has 0 bridgehead atoms. The van der Waals surface area contributed by atoms with Crippen molar-refractivity contribution in [1.82, 2.24) is 5.32 Å².